The zero-order valence-corrected chi connectivity index (χ0v) is 13.3. The van der Waals surface area contributed by atoms with E-state index in [0.717, 1.165) is 11.2 Å². The molecule has 3 rings (SSSR count). The number of oxazole rings is 1. The highest BCUT2D eigenvalue weighted by Crippen LogP contribution is 2.29. The number of carbonyl (C=O) groups is 1. The first-order valence-electron chi connectivity index (χ1n) is 7.13. The molecule has 0 aliphatic rings. The fraction of sp³-hybridized carbons (Fsp3) is 0.176. The molecule has 5 nitrogen and oxygen atoms in total. The normalized spacial score (nSPS) is 10.5. The molecule has 0 spiro atoms. The first kappa shape index (κ1) is 15.3. The third-order valence-corrected chi connectivity index (χ3v) is 3.92. The van der Waals surface area contributed by atoms with Crippen molar-refractivity contribution in [3.05, 3.63) is 53.2 Å². The molecular weight excluding hydrogens is 314 g/mol. The van der Waals surface area contributed by atoms with Gasteiger partial charge in [-0.05, 0) is 36.6 Å². The molecule has 0 radical (unpaired) electrons. The first-order valence-corrected chi connectivity index (χ1v) is 8.01. The maximum atomic E-state index is 10.9. The van der Waals surface area contributed by atoms with Gasteiger partial charge >= 0.3 is 0 Å². The Labute approximate surface area is 137 Å². The predicted octanol–water partition coefficient (Wildman–Crippen LogP) is 4.19. The average Bonchev–Trinajstić information content (AvgIpc) is 3.25. The number of benzene rings is 1. The second-order valence-electron chi connectivity index (χ2n) is 4.67. The quantitative estimate of drug-likeness (QED) is 0.608. The van der Waals surface area contributed by atoms with Gasteiger partial charge in [-0.3, -0.25) is 4.79 Å². The van der Waals surface area contributed by atoms with Crippen LogP contribution in [0.2, 0.25) is 0 Å². The molecule has 0 aliphatic heterocycles. The zero-order chi connectivity index (χ0) is 16.1. The van der Waals surface area contributed by atoms with E-state index >= 15 is 0 Å². The van der Waals surface area contributed by atoms with E-state index in [0.29, 0.717) is 35.3 Å². The average molecular weight is 329 g/mol. The topological polar surface area (TPSA) is 61.6 Å². The van der Waals surface area contributed by atoms with Gasteiger partial charge in [0.2, 0.25) is 5.89 Å². The lowest BCUT2D eigenvalue weighted by atomic mass is 10.2. The van der Waals surface area contributed by atoms with Crippen molar-refractivity contribution in [1.82, 2.24) is 4.98 Å². The highest BCUT2D eigenvalue weighted by molar-refractivity contribution is 7.13. The molecule has 2 heterocycles. The van der Waals surface area contributed by atoms with Crippen molar-refractivity contribution >= 4 is 17.6 Å². The molecule has 0 atom stereocenters. The second-order valence-corrected chi connectivity index (χ2v) is 5.61. The van der Waals surface area contributed by atoms with E-state index < -0.39 is 0 Å². The number of carbonyl (C=O) groups excluding carboxylic acids is 1. The largest absolute Gasteiger partial charge is 0.490 e. The summed E-state index contributed by atoms with van der Waals surface area (Å²) in [5, 5.41) is 1.97. The van der Waals surface area contributed by atoms with Crippen molar-refractivity contribution in [3.8, 4) is 22.3 Å². The molecule has 0 N–H and O–H groups in total. The van der Waals surface area contributed by atoms with Crippen LogP contribution in [0.3, 0.4) is 0 Å². The lowest BCUT2D eigenvalue weighted by Crippen LogP contribution is -2.00. The standard InChI is InChI=1S/C17H15NO4S/c1-2-20-15-8-12(9-19)5-6-14(15)21-10-13-11-22-17(18-13)16-4-3-7-23-16/h3-9,11H,2,10H2,1H3. The number of nitrogens with zero attached hydrogens (tertiary/aromatic N) is 1. The van der Waals surface area contributed by atoms with Crippen molar-refractivity contribution in [2.45, 2.75) is 13.5 Å². The van der Waals surface area contributed by atoms with Gasteiger partial charge in [0, 0.05) is 5.56 Å². The van der Waals surface area contributed by atoms with Crippen LogP contribution in [0.5, 0.6) is 11.5 Å². The lowest BCUT2D eigenvalue weighted by molar-refractivity contribution is 0.112. The van der Waals surface area contributed by atoms with Crippen LogP contribution in [0.15, 0.2) is 46.4 Å². The Morgan fingerprint density at radius 1 is 1.26 bits per heavy atom. The van der Waals surface area contributed by atoms with Crippen molar-refractivity contribution in [1.29, 1.82) is 0 Å². The SMILES string of the molecule is CCOc1cc(C=O)ccc1OCc1coc(-c2cccs2)n1. The molecule has 6 heteroatoms. The van der Waals surface area contributed by atoms with Gasteiger partial charge in [-0.25, -0.2) is 4.98 Å². The maximum absolute atomic E-state index is 10.9. The summed E-state index contributed by atoms with van der Waals surface area (Å²) in [6.45, 7) is 2.63. The number of thiophene rings is 1. The number of hydrogen-bond donors (Lipinski definition) is 0. The summed E-state index contributed by atoms with van der Waals surface area (Å²) in [4.78, 5) is 16.2. The number of aromatic nitrogens is 1. The monoisotopic (exact) mass is 329 g/mol. The van der Waals surface area contributed by atoms with Crippen LogP contribution in [-0.2, 0) is 6.61 Å². The van der Waals surface area contributed by atoms with Crippen molar-refractivity contribution in [3.63, 3.8) is 0 Å². The fourth-order valence-electron chi connectivity index (χ4n) is 2.02. The third-order valence-electron chi connectivity index (χ3n) is 3.06. The smallest absolute Gasteiger partial charge is 0.236 e. The van der Waals surface area contributed by atoms with E-state index in [2.05, 4.69) is 4.98 Å². The minimum atomic E-state index is 0.259. The Morgan fingerprint density at radius 2 is 2.17 bits per heavy atom. The van der Waals surface area contributed by atoms with Gasteiger partial charge in [0.05, 0.1) is 11.5 Å². The van der Waals surface area contributed by atoms with Crippen LogP contribution < -0.4 is 9.47 Å². The number of ether oxygens (including phenoxy) is 2. The number of rotatable bonds is 7. The zero-order valence-electron chi connectivity index (χ0n) is 12.5. The fourth-order valence-corrected chi connectivity index (χ4v) is 2.68. The summed E-state index contributed by atoms with van der Waals surface area (Å²) < 4.78 is 16.7. The van der Waals surface area contributed by atoms with Crippen molar-refractivity contribution in [2.24, 2.45) is 0 Å². The van der Waals surface area contributed by atoms with E-state index in [1.165, 1.54) is 0 Å². The van der Waals surface area contributed by atoms with Crippen molar-refractivity contribution < 1.29 is 18.7 Å². The highest BCUT2D eigenvalue weighted by atomic mass is 32.1. The minimum Gasteiger partial charge on any atom is -0.490 e. The van der Waals surface area contributed by atoms with E-state index in [1.807, 2.05) is 24.4 Å². The predicted molar refractivity (Wildman–Crippen MR) is 87.1 cm³/mol. The summed E-state index contributed by atoms with van der Waals surface area (Å²) in [7, 11) is 0. The third kappa shape index (κ3) is 3.60. The number of aldehydes is 1. The van der Waals surface area contributed by atoms with Crippen LogP contribution in [0.4, 0.5) is 0 Å². The van der Waals surface area contributed by atoms with Gasteiger partial charge in [0.15, 0.2) is 11.5 Å². The summed E-state index contributed by atoms with van der Waals surface area (Å²) >= 11 is 1.57. The molecule has 0 aliphatic carbocycles. The Hall–Kier alpha value is -2.60. The van der Waals surface area contributed by atoms with Crippen LogP contribution in [-0.4, -0.2) is 17.9 Å². The molecule has 0 bridgehead atoms. The molecule has 2 aromatic heterocycles. The minimum absolute atomic E-state index is 0.259. The van der Waals surface area contributed by atoms with Gasteiger partial charge in [-0.1, -0.05) is 6.07 Å². The Kier molecular flexibility index (Phi) is 4.73. The molecule has 0 fully saturated rings. The molecule has 118 valence electrons. The molecule has 0 saturated heterocycles. The first-order chi connectivity index (χ1) is 11.3. The lowest BCUT2D eigenvalue weighted by Gasteiger charge is -2.11. The van der Waals surface area contributed by atoms with Gasteiger partial charge in [0.25, 0.3) is 0 Å². The summed E-state index contributed by atoms with van der Waals surface area (Å²) in [6, 6.07) is 8.96. The molecule has 1 aromatic carbocycles. The molecular formula is C17H15NO4S. The van der Waals surface area contributed by atoms with E-state index in [-0.39, 0.29) is 6.61 Å². The second kappa shape index (κ2) is 7.11. The van der Waals surface area contributed by atoms with Crippen LogP contribution in [0, 0.1) is 0 Å². The molecule has 23 heavy (non-hydrogen) atoms. The van der Waals surface area contributed by atoms with Gasteiger partial charge in [-0.15, -0.1) is 11.3 Å². The van der Waals surface area contributed by atoms with E-state index in [1.54, 1.807) is 35.8 Å². The van der Waals surface area contributed by atoms with Gasteiger partial charge < -0.3 is 13.9 Å². The summed E-state index contributed by atoms with van der Waals surface area (Å²) in [6.07, 6.45) is 2.35. The van der Waals surface area contributed by atoms with Crippen LogP contribution in [0.1, 0.15) is 23.0 Å². The summed E-state index contributed by atoms with van der Waals surface area (Å²) in [5.41, 5.74) is 1.23. The molecule has 0 amide bonds. The van der Waals surface area contributed by atoms with Crippen molar-refractivity contribution in [2.75, 3.05) is 6.61 Å². The maximum Gasteiger partial charge on any atom is 0.236 e. The summed E-state index contributed by atoms with van der Waals surface area (Å²) in [5.74, 6) is 1.69. The Bertz CT molecular complexity index is 780. The van der Waals surface area contributed by atoms with Crippen LogP contribution >= 0.6 is 11.3 Å². The Morgan fingerprint density at radius 3 is 2.91 bits per heavy atom. The van der Waals surface area contributed by atoms with E-state index in [4.69, 9.17) is 13.9 Å². The number of hydrogen-bond acceptors (Lipinski definition) is 6. The van der Waals surface area contributed by atoms with E-state index in [9.17, 15) is 4.79 Å². The molecule has 3 aromatic rings. The van der Waals surface area contributed by atoms with Gasteiger partial charge in [0.1, 0.15) is 24.9 Å². The molecule has 0 saturated carbocycles. The highest BCUT2D eigenvalue weighted by Gasteiger charge is 2.10. The van der Waals surface area contributed by atoms with Crippen LogP contribution in [0.25, 0.3) is 10.8 Å². The molecule has 0 unspecified atom stereocenters. The Balaban J connectivity index is 1.72. The van der Waals surface area contributed by atoms with Gasteiger partial charge in [-0.2, -0.15) is 0 Å².